The highest BCUT2D eigenvalue weighted by molar-refractivity contribution is 5.03. The zero-order valence-electron chi connectivity index (χ0n) is 6.84. The fourth-order valence-electron chi connectivity index (χ4n) is 0.352. The average molecular weight is 143 g/mol. The molecule has 0 rings (SSSR count). The fraction of sp³-hybridized carbons (Fsp3) is 0.714. The third-order valence-electron chi connectivity index (χ3n) is 1.48. The quantitative estimate of drug-likeness (QED) is 0.417. The summed E-state index contributed by atoms with van der Waals surface area (Å²) in [5.74, 6) is 0. The summed E-state index contributed by atoms with van der Waals surface area (Å²) in [5, 5.41) is 9.99. The highest BCUT2D eigenvalue weighted by Gasteiger charge is 2.15. The van der Waals surface area contributed by atoms with Gasteiger partial charge in [0.05, 0.1) is 4.92 Å². The first-order chi connectivity index (χ1) is 4.34. The summed E-state index contributed by atoms with van der Waals surface area (Å²) >= 11 is 0. The molecule has 0 fully saturated rings. The van der Waals surface area contributed by atoms with Crippen LogP contribution < -0.4 is 0 Å². The summed E-state index contributed by atoms with van der Waals surface area (Å²) < 4.78 is 0. The van der Waals surface area contributed by atoms with E-state index in [9.17, 15) is 10.1 Å². The summed E-state index contributed by atoms with van der Waals surface area (Å²) in [5.41, 5.74) is 0.699. The van der Waals surface area contributed by atoms with E-state index in [4.69, 9.17) is 0 Å². The Hall–Kier alpha value is -0.860. The molecule has 0 unspecified atom stereocenters. The SMILES string of the molecule is C/C(=C\[N+](=O)[O-])C(C)(C)C. The van der Waals surface area contributed by atoms with Gasteiger partial charge in [-0.1, -0.05) is 20.8 Å². The normalized spacial score (nSPS) is 13.4. The van der Waals surface area contributed by atoms with Crippen LogP contribution in [0.25, 0.3) is 0 Å². The molecule has 3 nitrogen and oxygen atoms in total. The summed E-state index contributed by atoms with van der Waals surface area (Å²) in [4.78, 5) is 9.57. The van der Waals surface area contributed by atoms with Gasteiger partial charge in [-0.3, -0.25) is 10.1 Å². The molecule has 3 heteroatoms. The molecule has 0 aliphatic carbocycles. The van der Waals surface area contributed by atoms with Gasteiger partial charge < -0.3 is 0 Å². The lowest BCUT2D eigenvalue weighted by atomic mass is 9.88. The van der Waals surface area contributed by atoms with Crippen molar-refractivity contribution in [3.05, 3.63) is 21.9 Å². The predicted molar refractivity (Wildman–Crippen MR) is 40.2 cm³/mol. The minimum absolute atomic E-state index is 0.0902. The van der Waals surface area contributed by atoms with Crippen LogP contribution >= 0.6 is 0 Å². The Morgan fingerprint density at radius 3 is 2.00 bits per heavy atom. The van der Waals surface area contributed by atoms with Crippen LogP contribution in [-0.2, 0) is 0 Å². The van der Waals surface area contributed by atoms with Crippen molar-refractivity contribution >= 4 is 0 Å². The number of nitro groups is 1. The molecule has 0 aromatic rings. The first kappa shape index (κ1) is 9.14. The second-order valence-electron chi connectivity index (χ2n) is 3.35. The summed E-state index contributed by atoms with van der Waals surface area (Å²) in [6.07, 6.45) is 1.06. The molecule has 10 heavy (non-hydrogen) atoms. The van der Waals surface area contributed by atoms with Gasteiger partial charge >= 0.3 is 0 Å². The standard InChI is InChI=1S/C7H13NO2/c1-6(5-8(9)10)7(2,3)4/h5H,1-4H3/b6-5+. The molecule has 58 valence electrons. The molecule has 0 saturated carbocycles. The van der Waals surface area contributed by atoms with Gasteiger partial charge in [0.2, 0.25) is 6.20 Å². The second-order valence-corrected chi connectivity index (χ2v) is 3.35. The van der Waals surface area contributed by atoms with E-state index >= 15 is 0 Å². The highest BCUT2D eigenvalue weighted by atomic mass is 16.6. The molecule has 0 bridgehead atoms. The molecule has 0 aromatic carbocycles. The fourth-order valence-corrected chi connectivity index (χ4v) is 0.352. The van der Waals surface area contributed by atoms with Gasteiger partial charge in [-0.25, -0.2) is 0 Å². The largest absolute Gasteiger partial charge is 0.259 e. The molecule has 0 saturated heterocycles. The number of rotatable bonds is 1. The van der Waals surface area contributed by atoms with Crippen LogP contribution in [0, 0.1) is 15.5 Å². The van der Waals surface area contributed by atoms with Crippen molar-refractivity contribution in [2.24, 2.45) is 5.41 Å². The van der Waals surface area contributed by atoms with Crippen molar-refractivity contribution in [2.75, 3.05) is 0 Å². The van der Waals surface area contributed by atoms with Gasteiger partial charge in [0, 0.05) is 5.57 Å². The monoisotopic (exact) mass is 143 g/mol. The minimum atomic E-state index is -0.416. The van der Waals surface area contributed by atoms with Crippen molar-refractivity contribution < 1.29 is 4.92 Å². The van der Waals surface area contributed by atoms with E-state index in [1.807, 2.05) is 20.8 Å². The van der Waals surface area contributed by atoms with Gasteiger partial charge in [0.25, 0.3) is 0 Å². The van der Waals surface area contributed by atoms with Crippen LogP contribution in [0.3, 0.4) is 0 Å². The molecular formula is C7H13NO2. The van der Waals surface area contributed by atoms with Crippen LogP contribution in [-0.4, -0.2) is 4.92 Å². The van der Waals surface area contributed by atoms with Crippen molar-refractivity contribution in [1.82, 2.24) is 0 Å². The van der Waals surface area contributed by atoms with Gasteiger partial charge in [-0.05, 0) is 12.3 Å². The highest BCUT2D eigenvalue weighted by Crippen LogP contribution is 2.23. The molecule has 0 aliphatic rings. The molecule has 0 radical (unpaired) electrons. The van der Waals surface area contributed by atoms with E-state index in [1.165, 1.54) is 0 Å². The first-order valence-corrected chi connectivity index (χ1v) is 3.16. The van der Waals surface area contributed by atoms with Gasteiger partial charge in [-0.2, -0.15) is 0 Å². The van der Waals surface area contributed by atoms with Crippen molar-refractivity contribution in [1.29, 1.82) is 0 Å². The van der Waals surface area contributed by atoms with Gasteiger partial charge in [0.1, 0.15) is 0 Å². The number of hydrogen-bond acceptors (Lipinski definition) is 2. The molecule has 0 aromatic heterocycles. The molecule has 0 heterocycles. The van der Waals surface area contributed by atoms with E-state index < -0.39 is 4.92 Å². The zero-order chi connectivity index (χ0) is 8.36. The maximum absolute atomic E-state index is 9.99. The van der Waals surface area contributed by atoms with E-state index in [0.717, 1.165) is 11.8 Å². The maximum atomic E-state index is 9.99. The van der Waals surface area contributed by atoms with E-state index in [2.05, 4.69) is 0 Å². The zero-order valence-corrected chi connectivity index (χ0v) is 6.84. The Kier molecular flexibility index (Phi) is 2.57. The Labute approximate surface area is 60.9 Å². The van der Waals surface area contributed by atoms with Gasteiger partial charge in [0.15, 0.2) is 0 Å². The summed E-state index contributed by atoms with van der Waals surface area (Å²) in [6, 6.07) is 0. The third kappa shape index (κ3) is 3.22. The van der Waals surface area contributed by atoms with Crippen molar-refractivity contribution in [3.63, 3.8) is 0 Å². The Bertz CT molecular complexity index is 165. The molecule has 0 atom stereocenters. The Morgan fingerprint density at radius 1 is 1.50 bits per heavy atom. The smallest absolute Gasteiger partial charge is 0.233 e. The molecule has 0 amide bonds. The van der Waals surface area contributed by atoms with Crippen molar-refractivity contribution in [2.45, 2.75) is 27.7 Å². The lowest BCUT2D eigenvalue weighted by Gasteiger charge is -2.16. The van der Waals surface area contributed by atoms with Crippen LogP contribution in [0.5, 0.6) is 0 Å². The lowest BCUT2D eigenvalue weighted by Crippen LogP contribution is -2.07. The molecule has 0 spiro atoms. The number of hydrogen-bond donors (Lipinski definition) is 0. The average Bonchev–Trinajstić information content (AvgIpc) is 1.60. The Balaban J connectivity index is 4.35. The second kappa shape index (κ2) is 2.82. The number of allylic oxidation sites excluding steroid dienone is 1. The van der Waals surface area contributed by atoms with Crippen LogP contribution in [0.4, 0.5) is 0 Å². The van der Waals surface area contributed by atoms with Crippen LogP contribution in [0.1, 0.15) is 27.7 Å². The minimum Gasteiger partial charge on any atom is -0.259 e. The topological polar surface area (TPSA) is 43.1 Å². The maximum Gasteiger partial charge on any atom is 0.233 e. The molecular weight excluding hydrogens is 130 g/mol. The van der Waals surface area contributed by atoms with Crippen LogP contribution in [0.15, 0.2) is 11.8 Å². The predicted octanol–water partition coefficient (Wildman–Crippen LogP) is 2.21. The lowest BCUT2D eigenvalue weighted by molar-refractivity contribution is -0.404. The first-order valence-electron chi connectivity index (χ1n) is 3.16. The van der Waals surface area contributed by atoms with Gasteiger partial charge in [-0.15, -0.1) is 0 Å². The van der Waals surface area contributed by atoms with E-state index in [0.29, 0.717) is 0 Å². The summed E-state index contributed by atoms with van der Waals surface area (Å²) in [7, 11) is 0. The third-order valence-corrected chi connectivity index (χ3v) is 1.48. The van der Waals surface area contributed by atoms with E-state index in [1.54, 1.807) is 6.92 Å². The van der Waals surface area contributed by atoms with Crippen molar-refractivity contribution in [3.8, 4) is 0 Å². The van der Waals surface area contributed by atoms with E-state index in [-0.39, 0.29) is 5.41 Å². The van der Waals surface area contributed by atoms with Crippen LogP contribution in [0.2, 0.25) is 0 Å². The summed E-state index contributed by atoms with van der Waals surface area (Å²) in [6.45, 7) is 7.61. The Morgan fingerprint density at radius 2 is 1.90 bits per heavy atom. The molecule has 0 aliphatic heterocycles. The number of nitrogens with zero attached hydrogens (tertiary/aromatic N) is 1. The molecule has 0 N–H and O–H groups in total.